The Morgan fingerprint density at radius 3 is 1.80 bits per heavy atom. The van der Waals surface area contributed by atoms with Gasteiger partial charge in [-0.2, -0.15) is 0 Å². The number of ether oxygens (including phenoxy) is 2. The monoisotopic (exact) mass is 292 g/mol. The summed E-state index contributed by atoms with van der Waals surface area (Å²) in [4.78, 5) is 0. The fourth-order valence-electron chi connectivity index (χ4n) is 1.17. The van der Waals surface area contributed by atoms with E-state index in [-0.39, 0.29) is 18.6 Å². The van der Waals surface area contributed by atoms with Crippen LogP contribution in [0.25, 0.3) is 0 Å². The highest BCUT2D eigenvalue weighted by molar-refractivity contribution is 4.48. The molecule has 0 saturated heterocycles. The highest BCUT2D eigenvalue weighted by atomic mass is 16.5. The zero-order valence-electron chi connectivity index (χ0n) is 13.9. The third-order valence-electron chi connectivity index (χ3n) is 2.78. The molecule has 0 radical (unpaired) electrons. The molecule has 0 aliphatic heterocycles. The lowest BCUT2D eigenvalue weighted by Gasteiger charge is -2.07. The summed E-state index contributed by atoms with van der Waals surface area (Å²) in [5.41, 5.74) is 0. The molecule has 0 heterocycles. The van der Waals surface area contributed by atoms with Gasteiger partial charge in [0.05, 0.1) is 19.3 Å². The summed E-state index contributed by atoms with van der Waals surface area (Å²) in [5.74, 6) is 0.289. The first-order chi connectivity index (χ1) is 9.62. The molecule has 0 saturated carbocycles. The molecule has 0 aromatic heterocycles. The molecule has 0 bridgehead atoms. The maximum absolute atomic E-state index is 9.03. The van der Waals surface area contributed by atoms with Crippen molar-refractivity contribution in [2.45, 2.75) is 65.9 Å². The second-order valence-corrected chi connectivity index (χ2v) is 5.21. The van der Waals surface area contributed by atoms with Crippen LogP contribution >= 0.6 is 0 Å². The van der Waals surface area contributed by atoms with Crippen LogP contribution in [0.3, 0.4) is 0 Å². The van der Waals surface area contributed by atoms with E-state index < -0.39 is 0 Å². The Morgan fingerprint density at radius 1 is 0.900 bits per heavy atom. The van der Waals surface area contributed by atoms with Crippen LogP contribution in [0.15, 0.2) is 0 Å². The fourth-order valence-corrected chi connectivity index (χ4v) is 1.17. The van der Waals surface area contributed by atoms with Crippen LogP contribution in [0.2, 0.25) is 0 Å². The van der Waals surface area contributed by atoms with Crippen molar-refractivity contribution in [2.24, 2.45) is 5.92 Å². The maximum Gasteiger partial charge on any atom is 0.0771 e. The molecule has 0 aliphatic rings. The number of aliphatic hydroxyl groups excluding tert-OH is 2. The molecule has 0 aromatic carbocycles. The van der Waals surface area contributed by atoms with Crippen molar-refractivity contribution < 1.29 is 19.7 Å². The molecule has 0 fully saturated rings. The molecule has 4 heteroatoms. The molecule has 2 unspecified atom stereocenters. The number of rotatable bonds is 12. The molecule has 0 amide bonds. The van der Waals surface area contributed by atoms with Crippen LogP contribution in [0.5, 0.6) is 0 Å². The summed E-state index contributed by atoms with van der Waals surface area (Å²) >= 11 is 0. The molecule has 20 heavy (non-hydrogen) atoms. The lowest BCUT2D eigenvalue weighted by atomic mass is 10.2. The Bertz CT molecular complexity index is 147. The van der Waals surface area contributed by atoms with Crippen molar-refractivity contribution in [3.63, 3.8) is 0 Å². The maximum atomic E-state index is 9.03. The van der Waals surface area contributed by atoms with Gasteiger partial charge < -0.3 is 19.7 Å². The van der Waals surface area contributed by atoms with Gasteiger partial charge in [0.2, 0.25) is 0 Å². The van der Waals surface area contributed by atoms with Crippen LogP contribution in [-0.4, -0.2) is 49.4 Å². The Morgan fingerprint density at radius 2 is 1.40 bits per heavy atom. The van der Waals surface area contributed by atoms with E-state index in [2.05, 4.69) is 13.8 Å². The molecule has 0 rings (SSSR count). The molecule has 4 nitrogen and oxygen atoms in total. The first-order valence-corrected chi connectivity index (χ1v) is 8.06. The molecule has 2 atom stereocenters. The first-order valence-electron chi connectivity index (χ1n) is 8.06. The van der Waals surface area contributed by atoms with E-state index in [0.717, 1.165) is 38.9 Å². The molecular formula is C16H36O4. The molecule has 124 valence electrons. The summed E-state index contributed by atoms with van der Waals surface area (Å²) < 4.78 is 10.4. The third kappa shape index (κ3) is 20.2. The van der Waals surface area contributed by atoms with E-state index in [4.69, 9.17) is 19.7 Å². The van der Waals surface area contributed by atoms with Gasteiger partial charge in [-0.15, -0.1) is 0 Å². The van der Waals surface area contributed by atoms with Gasteiger partial charge in [-0.3, -0.25) is 0 Å². The predicted octanol–water partition coefficient (Wildman–Crippen LogP) is 3.01. The van der Waals surface area contributed by atoms with Crippen molar-refractivity contribution in [1.29, 1.82) is 0 Å². The zero-order valence-corrected chi connectivity index (χ0v) is 13.9. The standard InChI is InChI=1S/2C8H18O2/c1-3-4-5-10-7-8(2)6-9;1-3-5-6-10-7-8(9)4-2/h2*8-9H,3-7H2,1-2H3. The second kappa shape index (κ2) is 18.8. The molecule has 0 aliphatic carbocycles. The topological polar surface area (TPSA) is 58.9 Å². The molecule has 2 N–H and O–H groups in total. The van der Waals surface area contributed by atoms with Crippen LogP contribution in [0, 0.1) is 5.92 Å². The first kappa shape index (κ1) is 22.1. The minimum Gasteiger partial charge on any atom is -0.396 e. The minimum atomic E-state index is -0.267. The van der Waals surface area contributed by atoms with Crippen LogP contribution in [0.1, 0.15) is 59.8 Å². The normalized spacial score (nSPS) is 13.5. The molecule has 0 spiro atoms. The van der Waals surface area contributed by atoms with Crippen molar-refractivity contribution in [3.8, 4) is 0 Å². The number of hydrogen-bond acceptors (Lipinski definition) is 4. The Labute approximate surface area is 125 Å². The van der Waals surface area contributed by atoms with E-state index >= 15 is 0 Å². The predicted molar refractivity (Wildman–Crippen MR) is 84.0 cm³/mol. The van der Waals surface area contributed by atoms with Gasteiger partial charge in [0, 0.05) is 25.7 Å². The zero-order chi connectivity index (χ0) is 15.6. The van der Waals surface area contributed by atoms with Gasteiger partial charge in [0.15, 0.2) is 0 Å². The largest absolute Gasteiger partial charge is 0.396 e. The fraction of sp³-hybridized carbons (Fsp3) is 1.00. The average Bonchev–Trinajstić information content (AvgIpc) is 2.48. The van der Waals surface area contributed by atoms with Gasteiger partial charge in [-0.25, -0.2) is 0 Å². The average molecular weight is 292 g/mol. The van der Waals surface area contributed by atoms with Crippen LogP contribution in [0.4, 0.5) is 0 Å². The third-order valence-corrected chi connectivity index (χ3v) is 2.78. The smallest absolute Gasteiger partial charge is 0.0771 e. The van der Waals surface area contributed by atoms with E-state index in [0.29, 0.717) is 13.2 Å². The van der Waals surface area contributed by atoms with E-state index in [1.165, 1.54) is 6.42 Å². The Hall–Kier alpha value is -0.160. The lowest BCUT2D eigenvalue weighted by Crippen LogP contribution is -2.14. The summed E-state index contributed by atoms with van der Waals surface area (Å²) in [5, 5.41) is 17.6. The van der Waals surface area contributed by atoms with Gasteiger partial charge >= 0.3 is 0 Å². The van der Waals surface area contributed by atoms with Crippen LogP contribution < -0.4 is 0 Å². The summed E-state index contributed by atoms with van der Waals surface area (Å²) in [6.45, 7) is 11.2. The van der Waals surface area contributed by atoms with E-state index in [1.807, 2.05) is 13.8 Å². The van der Waals surface area contributed by atoms with Crippen molar-refractivity contribution in [2.75, 3.05) is 33.0 Å². The number of hydrogen-bond donors (Lipinski definition) is 2. The summed E-state index contributed by atoms with van der Waals surface area (Å²) in [6, 6.07) is 0. The number of unbranched alkanes of at least 4 members (excludes halogenated alkanes) is 2. The Kier molecular flexibility index (Phi) is 20.8. The minimum absolute atomic E-state index is 0.228. The molecule has 0 aromatic rings. The number of aliphatic hydroxyl groups is 2. The lowest BCUT2D eigenvalue weighted by molar-refractivity contribution is 0.0340. The van der Waals surface area contributed by atoms with E-state index in [1.54, 1.807) is 0 Å². The van der Waals surface area contributed by atoms with Gasteiger partial charge in [-0.05, 0) is 19.3 Å². The highest BCUT2D eigenvalue weighted by Gasteiger charge is 1.98. The summed E-state index contributed by atoms with van der Waals surface area (Å²) in [6.07, 6.45) is 5.06. The van der Waals surface area contributed by atoms with Gasteiger partial charge in [-0.1, -0.05) is 40.5 Å². The Balaban J connectivity index is 0. The van der Waals surface area contributed by atoms with Crippen molar-refractivity contribution >= 4 is 0 Å². The SMILES string of the molecule is CCCCOCC(C)CO.CCCCOCC(O)CC. The highest BCUT2D eigenvalue weighted by Crippen LogP contribution is 1.95. The van der Waals surface area contributed by atoms with Crippen molar-refractivity contribution in [1.82, 2.24) is 0 Å². The van der Waals surface area contributed by atoms with E-state index in [9.17, 15) is 0 Å². The van der Waals surface area contributed by atoms with Crippen LogP contribution in [-0.2, 0) is 9.47 Å². The molecular weight excluding hydrogens is 256 g/mol. The van der Waals surface area contributed by atoms with Gasteiger partial charge in [0.25, 0.3) is 0 Å². The van der Waals surface area contributed by atoms with Crippen molar-refractivity contribution in [3.05, 3.63) is 0 Å². The second-order valence-electron chi connectivity index (χ2n) is 5.21. The summed E-state index contributed by atoms with van der Waals surface area (Å²) in [7, 11) is 0. The quantitative estimate of drug-likeness (QED) is 0.543. The van der Waals surface area contributed by atoms with Gasteiger partial charge in [0.1, 0.15) is 0 Å².